The second kappa shape index (κ2) is 31.2. The van der Waals surface area contributed by atoms with E-state index in [9.17, 15) is 47.9 Å². The maximum Gasteiger partial charge on any atom is 0.407 e. The Bertz CT molecular complexity index is 2630. The van der Waals surface area contributed by atoms with Crippen LogP contribution in [0.25, 0.3) is 0 Å². The van der Waals surface area contributed by atoms with E-state index in [0.717, 1.165) is 5.56 Å². The zero-order valence-electron chi connectivity index (χ0n) is 48.5. The molecule has 0 saturated heterocycles. The van der Waals surface area contributed by atoms with Crippen LogP contribution in [0.2, 0.25) is 0 Å². The number of Topliss-reactive ketones (excluding diaryl/α,β-unsaturated/α-hetero) is 2. The summed E-state index contributed by atoms with van der Waals surface area (Å²) in [4.78, 5) is 126. The minimum Gasteiger partial charge on any atom is -0.465 e. The summed E-state index contributed by atoms with van der Waals surface area (Å²) in [5.41, 5.74) is -0.538. The quantitative estimate of drug-likeness (QED) is 0.0197. The van der Waals surface area contributed by atoms with Crippen molar-refractivity contribution < 1.29 is 76.4 Å². The molecule has 0 heterocycles. The summed E-state index contributed by atoms with van der Waals surface area (Å²) in [5, 5.41) is 11.3. The number of nitrogens with one attached hydrogen (secondary N) is 4. The van der Waals surface area contributed by atoms with E-state index < -0.39 is 93.4 Å². The lowest BCUT2D eigenvalue weighted by atomic mass is 9.86. The highest BCUT2D eigenvalue weighted by Gasteiger charge is 2.40. The Morgan fingerprint density at radius 1 is 0.388 bits per heavy atom. The number of unbranched alkanes of at least 4 members (excludes halogenated alkanes) is 6. The Hall–Kier alpha value is -7.64. The first-order chi connectivity index (χ1) is 37.6. The molecule has 20 heteroatoms. The van der Waals surface area contributed by atoms with Gasteiger partial charge in [-0.15, -0.1) is 0 Å². The van der Waals surface area contributed by atoms with E-state index in [-0.39, 0.29) is 50.8 Å². The molecule has 0 unspecified atom stereocenters. The average molecular weight is 1120 g/mol. The number of esters is 4. The molecular formula is C60H82N4O16. The first kappa shape index (κ1) is 66.6. The molecule has 0 aliphatic heterocycles. The predicted molar refractivity (Wildman–Crippen MR) is 296 cm³/mol. The first-order valence-electron chi connectivity index (χ1n) is 27.1. The van der Waals surface area contributed by atoms with Crippen LogP contribution in [0.3, 0.4) is 0 Å². The lowest BCUT2D eigenvalue weighted by molar-refractivity contribution is -0.165. The molecule has 0 spiro atoms. The van der Waals surface area contributed by atoms with Gasteiger partial charge < -0.3 is 49.7 Å². The van der Waals surface area contributed by atoms with Gasteiger partial charge in [-0.25, -0.2) is 19.2 Å². The molecule has 20 nitrogen and oxygen atoms in total. The highest BCUT2D eigenvalue weighted by atomic mass is 16.6. The van der Waals surface area contributed by atoms with Gasteiger partial charge in [0.15, 0.2) is 5.92 Å². The largest absolute Gasteiger partial charge is 0.465 e. The lowest BCUT2D eigenvalue weighted by Crippen LogP contribution is -2.49. The van der Waals surface area contributed by atoms with Gasteiger partial charge >= 0.3 is 36.1 Å². The number of ether oxygens (including phenoxy) is 6. The molecule has 0 radical (unpaired) electrons. The van der Waals surface area contributed by atoms with Crippen molar-refractivity contribution in [3.63, 3.8) is 0 Å². The molecule has 438 valence electrons. The van der Waals surface area contributed by atoms with E-state index in [1.54, 1.807) is 104 Å². The van der Waals surface area contributed by atoms with Gasteiger partial charge in [-0.1, -0.05) is 54.6 Å². The minimum absolute atomic E-state index is 0.0224. The fourth-order valence-corrected chi connectivity index (χ4v) is 8.36. The number of rotatable bonds is 32. The molecule has 3 aromatic rings. The molecule has 0 fully saturated rings. The van der Waals surface area contributed by atoms with Crippen molar-refractivity contribution >= 4 is 59.4 Å². The topological polar surface area (TPSA) is 274 Å². The van der Waals surface area contributed by atoms with Crippen molar-refractivity contribution in [2.24, 2.45) is 11.8 Å². The van der Waals surface area contributed by atoms with Crippen LogP contribution >= 0.6 is 0 Å². The van der Waals surface area contributed by atoms with Gasteiger partial charge in [-0.2, -0.15) is 0 Å². The second-order valence-corrected chi connectivity index (χ2v) is 21.4. The number of carbonyl (C=O) groups is 10. The minimum atomic E-state index is -1.79. The molecule has 4 amide bonds. The number of hydrogen-bond donors (Lipinski definition) is 4. The summed E-state index contributed by atoms with van der Waals surface area (Å²) in [6, 6.07) is 20.5. The van der Waals surface area contributed by atoms with E-state index in [1.807, 2.05) is 32.0 Å². The monoisotopic (exact) mass is 1110 g/mol. The summed E-state index contributed by atoms with van der Waals surface area (Å²) in [6.07, 6.45) is 3.90. The van der Waals surface area contributed by atoms with Crippen LogP contribution < -0.4 is 21.3 Å². The van der Waals surface area contributed by atoms with Crippen LogP contribution in [0.1, 0.15) is 177 Å². The Morgan fingerprint density at radius 3 is 1.01 bits per heavy atom. The molecule has 4 N–H and O–H groups in total. The van der Waals surface area contributed by atoms with Gasteiger partial charge in [0.05, 0.1) is 72.9 Å². The molecule has 0 aliphatic rings. The van der Waals surface area contributed by atoms with E-state index in [2.05, 4.69) is 21.3 Å². The van der Waals surface area contributed by atoms with E-state index in [4.69, 9.17) is 28.4 Å². The van der Waals surface area contributed by atoms with E-state index in [1.165, 1.54) is 19.9 Å². The van der Waals surface area contributed by atoms with Gasteiger partial charge in [-0.3, -0.25) is 28.8 Å². The summed E-state index contributed by atoms with van der Waals surface area (Å²) < 4.78 is 31.7. The summed E-state index contributed by atoms with van der Waals surface area (Å²) in [5.74, 6) is -8.96. The summed E-state index contributed by atoms with van der Waals surface area (Å²) in [6.45, 7) is 20.3. The third kappa shape index (κ3) is 21.2. The number of ketones is 2. The van der Waals surface area contributed by atoms with Gasteiger partial charge in [0, 0.05) is 0 Å². The summed E-state index contributed by atoms with van der Waals surface area (Å²) in [7, 11) is 0. The molecule has 0 aromatic heterocycles. The van der Waals surface area contributed by atoms with Crippen LogP contribution in [0.15, 0.2) is 72.8 Å². The smallest absolute Gasteiger partial charge is 0.407 e. The first-order valence-corrected chi connectivity index (χ1v) is 27.1. The van der Waals surface area contributed by atoms with Crippen molar-refractivity contribution in [3.8, 4) is 0 Å². The van der Waals surface area contributed by atoms with Crippen LogP contribution in [-0.2, 0) is 79.3 Å². The third-order valence-electron chi connectivity index (χ3n) is 13.0. The van der Waals surface area contributed by atoms with Crippen LogP contribution in [-0.4, -0.2) is 99.1 Å². The highest BCUT2D eigenvalue weighted by molar-refractivity contribution is 6.17. The molecule has 80 heavy (non-hydrogen) atoms. The Morgan fingerprint density at radius 2 is 0.688 bits per heavy atom. The number of benzene rings is 3. The molecule has 3 rings (SSSR count). The molecule has 0 bridgehead atoms. The number of amides is 4. The fraction of sp³-hybridized carbons (Fsp3) is 0.533. The third-order valence-corrected chi connectivity index (χ3v) is 13.0. The predicted octanol–water partition coefficient (Wildman–Crippen LogP) is 8.68. The van der Waals surface area contributed by atoms with Gasteiger partial charge in [-0.05, 0) is 175 Å². The van der Waals surface area contributed by atoms with Crippen LogP contribution in [0.4, 0.5) is 9.59 Å². The number of alkyl carbamates (subject to hydrolysis) is 2. The Labute approximate surface area is 469 Å². The Balaban J connectivity index is 1.31. The maximum absolute atomic E-state index is 13.2. The van der Waals surface area contributed by atoms with Gasteiger partial charge in [0.25, 0.3) is 0 Å². The van der Waals surface area contributed by atoms with Crippen LogP contribution in [0, 0.1) is 11.8 Å². The molecule has 0 saturated carbocycles. The molecule has 0 atom stereocenters. The van der Waals surface area contributed by atoms with E-state index >= 15 is 0 Å². The lowest BCUT2D eigenvalue weighted by Gasteiger charge is -2.31. The van der Waals surface area contributed by atoms with Crippen molar-refractivity contribution in [1.82, 2.24) is 21.3 Å². The standard InChI is InChI=1S/C60H82N4O16/c1-13-75-53(71)48(54(72)76-14-2)50(68)62-58(7,8)44-29-25-31-46(38-44)60(11,12)64-56(74)80-35-22-18-16-20-33-78-52(70)42-27-23-26-41(36-42)51(69)77-32-19-15-17-21-34-79-55(73)63-59(9,10)45-30-24-28-43(37-45)57(5,6)61-49(67)47(39(3)65)40(4)66/h23-31,36-38,47-48H,13-22,32-35H2,1-12H3,(H,61,67)(H,62,68)(H,63,73)(H,64,74). The zero-order valence-corrected chi connectivity index (χ0v) is 48.5. The number of carbonyl (C=O) groups excluding carboxylic acids is 10. The molecule has 3 aromatic carbocycles. The van der Waals surface area contributed by atoms with Crippen molar-refractivity contribution in [1.29, 1.82) is 0 Å². The second-order valence-electron chi connectivity index (χ2n) is 21.4. The van der Waals surface area contributed by atoms with Gasteiger partial charge in [0.1, 0.15) is 11.6 Å². The van der Waals surface area contributed by atoms with E-state index in [0.29, 0.717) is 68.1 Å². The normalized spacial score (nSPS) is 11.7. The average Bonchev–Trinajstić information content (AvgIpc) is 3.37. The summed E-state index contributed by atoms with van der Waals surface area (Å²) >= 11 is 0. The van der Waals surface area contributed by atoms with Crippen molar-refractivity contribution in [2.75, 3.05) is 39.6 Å². The Kier molecular flexibility index (Phi) is 26.0. The molecule has 0 aliphatic carbocycles. The van der Waals surface area contributed by atoms with Crippen LogP contribution in [0.5, 0.6) is 0 Å². The fourth-order valence-electron chi connectivity index (χ4n) is 8.36. The van der Waals surface area contributed by atoms with Crippen molar-refractivity contribution in [3.05, 3.63) is 106 Å². The van der Waals surface area contributed by atoms with Gasteiger partial charge in [0.2, 0.25) is 17.7 Å². The zero-order chi connectivity index (χ0) is 59.8. The number of hydrogen-bond acceptors (Lipinski definition) is 16. The maximum atomic E-state index is 13.2. The molecular weight excluding hydrogens is 1030 g/mol. The highest BCUT2D eigenvalue weighted by Crippen LogP contribution is 2.29. The van der Waals surface area contributed by atoms with Crippen molar-refractivity contribution in [2.45, 2.75) is 157 Å². The SMILES string of the molecule is CCOC(=O)C(C(=O)NC(C)(C)c1cccc(C(C)(C)NC(=O)OCCCCCCOC(=O)c2cccc(C(=O)OCCCCCCOC(=O)NC(C)(C)c3cccc(C(C)(C)NC(=O)C(C(C)=O)C(C)=O)c3)c2)c1)C(=O)OCC.